The third-order valence-corrected chi connectivity index (χ3v) is 2.12. The van der Waals surface area contributed by atoms with Gasteiger partial charge in [-0.2, -0.15) is 0 Å². The number of nitrogens with two attached hydrogens (primary N) is 1. The maximum absolute atomic E-state index is 11.7. The van der Waals surface area contributed by atoms with Crippen LogP contribution in [0.2, 0.25) is 0 Å². The highest BCUT2D eigenvalue weighted by atomic mass is 16.2. The number of rotatable bonds is 5. The minimum absolute atomic E-state index is 0.123. The van der Waals surface area contributed by atoms with Crippen LogP contribution < -0.4 is 11.1 Å². The van der Waals surface area contributed by atoms with Gasteiger partial charge in [0.05, 0.1) is 0 Å². The van der Waals surface area contributed by atoms with Crippen molar-refractivity contribution in [3.8, 4) is 0 Å². The fourth-order valence-electron chi connectivity index (χ4n) is 1.36. The molecule has 1 amide bonds. The first-order valence-electron chi connectivity index (χ1n) is 5.42. The van der Waals surface area contributed by atoms with E-state index in [1.54, 1.807) is 0 Å². The molecule has 0 aliphatic rings. The summed E-state index contributed by atoms with van der Waals surface area (Å²) in [7, 11) is 0. The lowest BCUT2D eigenvalue weighted by Gasteiger charge is -2.24. The van der Waals surface area contributed by atoms with Gasteiger partial charge >= 0.3 is 0 Å². The molecule has 0 saturated heterocycles. The average Bonchev–Trinajstić information content (AvgIpc) is 2.02. The number of hydrogen-bond acceptors (Lipinski definition) is 2. The van der Waals surface area contributed by atoms with E-state index in [9.17, 15) is 4.79 Å². The summed E-state index contributed by atoms with van der Waals surface area (Å²) in [5, 5.41) is 3.00. The lowest BCUT2D eigenvalue weighted by atomic mass is 9.97. The number of amides is 1. The predicted octanol–water partition coefficient (Wildman–Crippen LogP) is 1.67. The molecule has 0 aliphatic heterocycles. The molecule has 0 saturated carbocycles. The van der Waals surface area contributed by atoms with Gasteiger partial charge in [0.15, 0.2) is 0 Å². The van der Waals surface area contributed by atoms with Gasteiger partial charge in [-0.25, -0.2) is 0 Å². The summed E-state index contributed by atoms with van der Waals surface area (Å²) in [5.74, 6) is 0.284. The van der Waals surface area contributed by atoms with Crippen LogP contribution in [0.1, 0.15) is 47.0 Å². The molecule has 3 heteroatoms. The van der Waals surface area contributed by atoms with E-state index in [2.05, 4.69) is 5.32 Å². The van der Waals surface area contributed by atoms with Gasteiger partial charge in [-0.3, -0.25) is 4.79 Å². The van der Waals surface area contributed by atoms with Gasteiger partial charge in [-0.15, -0.1) is 0 Å². The SMILES string of the molecule is CCC(CCCN)C(=O)NC(C)(C)C. The van der Waals surface area contributed by atoms with Crippen molar-refractivity contribution in [1.29, 1.82) is 0 Å². The third kappa shape index (κ3) is 5.97. The van der Waals surface area contributed by atoms with Gasteiger partial charge in [0.1, 0.15) is 0 Å². The van der Waals surface area contributed by atoms with Crippen LogP contribution in [0.3, 0.4) is 0 Å². The number of carbonyl (C=O) groups is 1. The van der Waals surface area contributed by atoms with Crippen LogP contribution in [0.4, 0.5) is 0 Å². The van der Waals surface area contributed by atoms with E-state index in [-0.39, 0.29) is 17.4 Å². The molecule has 0 spiro atoms. The molecule has 0 heterocycles. The Morgan fingerprint density at radius 3 is 2.36 bits per heavy atom. The molecule has 1 unspecified atom stereocenters. The van der Waals surface area contributed by atoms with Crippen molar-refractivity contribution in [2.24, 2.45) is 11.7 Å². The van der Waals surface area contributed by atoms with Crippen LogP contribution in [0.5, 0.6) is 0 Å². The molecular formula is C11H24N2O. The molecule has 0 aromatic carbocycles. The van der Waals surface area contributed by atoms with E-state index < -0.39 is 0 Å². The van der Waals surface area contributed by atoms with E-state index in [0.29, 0.717) is 6.54 Å². The lowest BCUT2D eigenvalue weighted by Crippen LogP contribution is -2.43. The summed E-state index contributed by atoms with van der Waals surface area (Å²) in [4.78, 5) is 11.7. The fourth-order valence-corrected chi connectivity index (χ4v) is 1.36. The van der Waals surface area contributed by atoms with E-state index in [1.165, 1.54) is 0 Å². The van der Waals surface area contributed by atoms with Gasteiger partial charge in [-0.05, 0) is 46.6 Å². The zero-order valence-corrected chi connectivity index (χ0v) is 9.89. The average molecular weight is 200 g/mol. The second-order valence-electron chi connectivity index (χ2n) is 4.78. The zero-order chi connectivity index (χ0) is 11.2. The Kier molecular flexibility index (Phi) is 5.77. The molecule has 0 fully saturated rings. The van der Waals surface area contributed by atoms with E-state index in [4.69, 9.17) is 5.73 Å². The minimum atomic E-state index is -0.132. The summed E-state index contributed by atoms with van der Waals surface area (Å²) < 4.78 is 0. The molecule has 14 heavy (non-hydrogen) atoms. The molecule has 0 aliphatic carbocycles. The molecule has 0 aromatic rings. The summed E-state index contributed by atoms with van der Waals surface area (Å²) in [6.07, 6.45) is 2.72. The van der Waals surface area contributed by atoms with Crippen molar-refractivity contribution in [2.75, 3.05) is 6.54 Å². The van der Waals surface area contributed by atoms with Crippen LogP contribution in [-0.4, -0.2) is 18.0 Å². The molecule has 0 rings (SSSR count). The van der Waals surface area contributed by atoms with E-state index >= 15 is 0 Å². The summed E-state index contributed by atoms with van der Waals surface area (Å²) in [5.41, 5.74) is 5.30. The second-order valence-corrected chi connectivity index (χ2v) is 4.78. The van der Waals surface area contributed by atoms with Crippen LogP contribution in [-0.2, 0) is 4.79 Å². The Hall–Kier alpha value is -0.570. The number of nitrogens with one attached hydrogen (secondary N) is 1. The van der Waals surface area contributed by atoms with Crippen LogP contribution in [0, 0.1) is 5.92 Å². The third-order valence-electron chi connectivity index (χ3n) is 2.12. The predicted molar refractivity (Wildman–Crippen MR) is 60.0 cm³/mol. The maximum Gasteiger partial charge on any atom is 0.223 e. The van der Waals surface area contributed by atoms with Crippen molar-refractivity contribution in [2.45, 2.75) is 52.5 Å². The Morgan fingerprint density at radius 1 is 1.43 bits per heavy atom. The highest BCUT2D eigenvalue weighted by molar-refractivity contribution is 5.79. The monoisotopic (exact) mass is 200 g/mol. The van der Waals surface area contributed by atoms with Crippen LogP contribution >= 0.6 is 0 Å². The topological polar surface area (TPSA) is 55.1 Å². The second kappa shape index (κ2) is 6.02. The van der Waals surface area contributed by atoms with Crippen molar-refractivity contribution in [3.05, 3.63) is 0 Å². The van der Waals surface area contributed by atoms with Gasteiger partial charge in [0.2, 0.25) is 5.91 Å². The first-order chi connectivity index (χ1) is 6.40. The molecule has 0 radical (unpaired) electrons. The minimum Gasteiger partial charge on any atom is -0.351 e. The summed E-state index contributed by atoms with van der Waals surface area (Å²) >= 11 is 0. The fraction of sp³-hybridized carbons (Fsp3) is 0.909. The van der Waals surface area contributed by atoms with Gasteiger partial charge in [0.25, 0.3) is 0 Å². The molecular weight excluding hydrogens is 176 g/mol. The normalized spacial score (nSPS) is 13.8. The van der Waals surface area contributed by atoms with Gasteiger partial charge < -0.3 is 11.1 Å². The number of carbonyl (C=O) groups excluding carboxylic acids is 1. The Morgan fingerprint density at radius 2 is 2.00 bits per heavy atom. The Labute approximate surface area is 87.4 Å². The smallest absolute Gasteiger partial charge is 0.223 e. The van der Waals surface area contributed by atoms with Crippen molar-refractivity contribution in [1.82, 2.24) is 5.32 Å². The van der Waals surface area contributed by atoms with Gasteiger partial charge in [0, 0.05) is 11.5 Å². The highest BCUT2D eigenvalue weighted by Crippen LogP contribution is 2.12. The largest absolute Gasteiger partial charge is 0.351 e. The Balaban J connectivity index is 4.04. The lowest BCUT2D eigenvalue weighted by molar-refractivity contribution is -0.126. The van der Waals surface area contributed by atoms with Crippen LogP contribution in [0.15, 0.2) is 0 Å². The molecule has 3 N–H and O–H groups in total. The van der Waals surface area contributed by atoms with Gasteiger partial charge in [-0.1, -0.05) is 6.92 Å². The zero-order valence-electron chi connectivity index (χ0n) is 9.89. The number of hydrogen-bond donors (Lipinski definition) is 2. The van der Waals surface area contributed by atoms with Crippen molar-refractivity contribution in [3.63, 3.8) is 0 Å². The maximum atomic E-state index is 11.7. The van der Waals surface area contributed by atoms with Crippen molar-refractivity contribution >= 4 is 5.91 Å². The molecule has 3 nitrogen and oxygen atoms in total. The van der Waals surface area contributed by atoms with E-state index in [0.717, 1.165) is 19.3 Å². The van der Waals surface area contributed by atoms with Crippen molar-refractivity contribution < 1.29 is 4.79 Å². The quantitative estimate of drug-likeness (QED) is 0.709. The molecule has 84 valence electrons. The molecule has 1 atom stereocenters. The Bertz CT molecular complexity index is 173. The summed E-state index contributed by atoms with van der Waals surface area (Å²) in [6.45, 7) is 8.71. The highest BCUT2D eigenvalue weighted by Gasteiger charge is 2.20. The standard InChI is InChI=1S/C11H24N2O/c1-5-9(7-6-8-12)10(14)13-11(2,3)4/h9H,5-8,12H2,1-4H3,(H,13,14). The van der Waals surface area contributed by atoms with E-state index in [1.807, 2.05) is 27.7 Å². The molecule has 0 aromatic heterocycles. The first-order valence-corrected chi connectivity index (χ1v) is 5.42. The first kappa shape index (κ1) is 13.4. The summed E-state index contributed by atoms with van der Waals surface area (Å²) in [6, 6.07) is 0. The van der Waals surface area contributed by atoms with Crippen LogP contribution in [0.25, 0.3) is 0 Å². The molecule has 0 bridgehead atoms.